The molecule has 0 aliphatic heterocycles. The molecular weight excluding hydrogens is 360 g/mol. The van der Waals surface area contributed by atoms with E-state index in [9.17, 15) is 9.90 Å². The Labute approximate surface area is 172 Å². The van der Waals surface area contributed by atoms with E-state index in [1.165, 1.54) is 28.4 Å². The number of aryl methyl sites for hydroxylation is 2. The molecule has 1 atom stereocenters. The third-order valence-corrected chi connectivity index (χ3v) is 6.18. The van der Waals surface area contributed by atoms with Crippen LogP contribution in [-0.2, 0) is 13.0 Å². The van der Waals surface area contributed by atoms with Crippen LogP contribution >= 0.6 is 0 Å². The molecule has 2 aromatic carbocycles. The molecule has 29 heavy (non-hydrogen) atoms. The minimum absolute atomic E-state index is 0.254. The van der Waals surface area contributed by atoms with Crippen LogP contribution in [-0.4, -0.2) is 28.5 Å². The van der Waals surface area contributed by atoms with Crippen LogP contribution in [0, 0.1) is 5.92 Å². The smallest absolute Gasteiger partial charge is 0.163 e. The highest BCUT2D eigenvalue weighted by molar-refractivity contribution is 6.15. The molecule has 2 N–H and O–H groups in total. The summed E-state index contributed by atoms with van der Waals surface area (Å²) in [6.45, 7) is 9.32. The lowest BCUT2D eigenvalue weighted by Crippen LogP contribution is -2.19. The first-order chi connectivity index (χ1) is 14.0. The lowest BCUT2D eigenvalue weighted by Gasteiger charge is -2.10. The number of rotatable bonds is 8. The monoisotopic (exact) mass is 392 g/mol. The van der Waals surface area contributed by atoms with Gasteiger partial charge in [0.25, 0.3) is 0 Å². The van der Waals surface area contributed by atoms with Crippen molar-refractivity contribution in [2.75, 3.05) is 13.1 Å². The summed E-state index contributed by atoms with van der Waals surface area (Å²) in [6.07, 6.45) is 3.20. The van der Waals surface area contributed by atoms with Gasteiger partial charge in [0.1, 0.15) is 0 Å². The number of hydrogen-bond donors (Lipinski definition) is 2. The maximum absolute atomic E-state index is 12.3. The molecule has 3 aromatic rings. The van der Waals surface area contributed by atoms with E-state index in [1.54, 1.807) is 6.92 Å². The van der Waals surface area contributed by atoms with Crippen molar-refractivity contribution >= 4 is 27.6 Å². The average Bonchev–Trinajstić information content (AvgIpc) is 3.22. The SMILES string of the molecule is CC(C)CCNCCCn1c2ccc(C(C)O)cc2c2c3c(ccc21)C(=O)CC3. The standard InChI is InChI=1S/C25H32N2O2/c1-16(2)11-13-26-12-4-14-27-22-8-5-18(17(3)28)15-21(22)25-20-7-10-24(29)19(20)6-9-23(25)27/h5-6,8-9,15-17,26,28H,4,7,10-14H2,1-3H3. The summed E-state index contributed by atoms with van der Waals surface area (Å²) in [4.78, 5) is 12.3. The van der Waals surface area contributed by atoms with Gasteiger partial charge < -0.3 is 15.0 Å². The number of nitrogens with one attached hydrogen (secondary N) is 1. The summed E-state index contributed by atoms with van der Waals surface area (Å²) in [6, 6.07) is 10.4. The third kappa shape index (κ3) is 3.84. The van der Waals surface area contributed by atoms with Crippen molar-refractivity contribution < 1.29 is 9.90 Å². The predicted molar refractivity (Wildman–Crippen MR) is 120 cm³/mol. The number of hydrogen-bond acceptors (Lipinski definition) is 3. The normalized spacial score (nSPS) is 15.0. The van der Waals surface area contributed by atoms with Crippen molar-refractivity contribution in [2.24, 2.45) is 5.92 Å². The summed E-state index contributed by atoms with van der Waals surface area (Å²) in [5.74, 6) is 0.983. The molecule has 154 valence electrons. The van der Waals surface area contributed by atoms with E-state index in [0.717, 1.165) is 54.9 Å². The molecule has 0 radical (unpaired) electrons. The first-order valence-electron chi connectivity index (χ1n) is 11.0. The topological polar surface area (TPSA) is 54.3 Å². The Morgan fingerprint density at radius 2 is 1.86 bits per heavy atom. The molecule has 0 fully saturated rings. The van der Waals surface area contributed by atoms with Gasteiger partial charge in [-0.25, -0.2) is 0 Å². The van der Waals surface area contributed by atoms with E-state index in [0.29, 0.717) is 6.42 Å². The molecule has 4 nitrogen and oxygen atoms in total. The van der Waals surface area contributed by atoms with E-state index < -0.39 is 6.10 Å². The van der Waals surface area contributed by atoms with Crippen LogP contribution in [0.1, 0.15) is 67.6 Å². The Morgan fingerprint density at radius 3 is 2.62 bits per heavy atom. The molecule has 1 aliphatic rings. The Hall–Kier alpha value is -2.17. The molecule has 0 amide bonds. The zero-order valence-electron chi connectivity index (χ0n) is 17.8. The molecule has 4 heteroatoms. The summed E-state index contributed by atoms with van der Waals surface area (Å²) >= 11 is 0. The van der Waals surface area contributed by atoms with Gasteiger partial charge in [-0.2, -0.15) is 0 Å². The number of aliphatic hydroxyl groups excluding tert-OH is 1. The van der Waals surface area contributed by atoms with E-state index in [1.807, 2.05) is 12.1 Å². The van der Waals surface area contributed by atoms with Crippen LogP contribution in [0.25, 0.3) is 21.8 Å². The lowest BCUT2D eigenvalue weighted by molar-refractivity contribution is 0.0994. The molecular formula is C25H32N2O2. The van der Waals surface area contributed by atoms with Crippen molar-refractivity contribution in [3.05, 3.63) is 47.0 Å². The van der Waals surface area contributed by atoms with Crippen LogP contribution in [0.2, 0.25) is 0 Å². The summed E-state index contributed by atoms with van der Waals surface area (Å²) in [5, 5.41) is 16.0. The van der Waals surface area contributed by atoms with Crippen LogP contribution < -0.4 is 5.32 Å². The predicted octanol–water partition coefficient (Wildman–Crippen LogP) is 5.00. The number of Topliss-reactive ketones (excluding diaryl/α,β-unsaturated/α-hetero) is 1. The maximum Gasteiger partial charge on any atom is 0.163 e. The minimum atomic E-state index is -0.499. The molecule has 0 bridgehead atoms. The van der Waals surface area contributed by atoms with Crippen molar-refractivity contribution in [3.63, 3.8) is 0 Å². The molecule has 0 saturated carbocycles. The van der Waals surface area contributed by atoms with Gasteiger partial charge >= 0.3 is 0 Å². The second kappa shape index (κ2) is 8.29. The van der Waals surface area contributed by atoms with E-state index in [4.69, 9.17) is 0 Å². The molecule has 0 spiro atoms. The fourth-order valence-electron chi connectivity index (χ4n) is 4.55. The zero-order valence-corrected chi connectivity index (χ0v) is 17.8. The molecule has 1 heterocycles. The first-order valence-corrected chi connectivity index (χ1v) is 11.0. The zero-order chi connectivity index (χ0) is 20.5. The van der Waals surface area contributed by atoms with Crippen LogP contribution in [0.15, 0.2) is 30.3 Å². The molecule has 1 aliphatic carbocycles. The van der Waals surface area contributed by atoms with Gasteiger partial charge in [0, 0.05) is 40.3 Å². The fraction of sp³-hybridized carbons (Fsp3) is 0.480. The fourth-order valence-corrected chi connectivity index (χ4v) is 4.55. The van der Waals surface area contributed by atoms with Gasteiger partial charge in [-0.15, -0.1) is 0 Å². The second-order valence-electron chi connectivity index (χ2n) is 8.80. The third-order valence-electron chi connectivity index (χ3n) is 6.18. The average molecular weight is 393 g/mol. The number of carbonyl (C=O) groups is 1. The van der Waals surface area contributed by atoms with Crippen LogP contribution in [0.3, 0.4) is 0 Å². The number of aliphatic hydroxyl groups is 1. The highest BCUT2D eigenvalue weighted by atomic mass is 16.3. The van der Waals surface area contributed by atoms with E-state index in [2.05, 4.69) is 41.9 Å². The van der Waals surface area contributed by atoms with Gasteiger partial charge in [-0.05, 0) is 80.6 Å². The Bertz CT molecular complexity index is 1050. The number of nitrogens with zero attached hydrogens (tertiary/aromatic N) is 1. The van der Waals surface area contributed by atoms with Gasteiger partial charge in [0.05, 0.1) is 6.10 Å². The Kier molecular flexibility index (Phi) is 5.75. The van der Waals surface area contributed by atoms with Gasteiger partial charge in [0.2, 0.25) is 0 Å². The van der Waals surface area contributed by atoms with Crippen molar-refractivity contribution in [2.45, 2.75) is 59.1 Å². The van der Waals surface area contributed by atoms with Gasteiger partial charge in [-0.1, -0.05) is 19.9 Å². The van der Waals surface area contributed by atoms with Crippen molar-refractivity contribution in [1.82, 2.24) is 9.88 Å². The number of fused-ring (bicyclic) bond motifs is 5. The summed E-state index contributed by atoms with van der Waals surface area (Å²) in [5.41, 5.74) is 5.40. The Balaban J connectivity index is 1.70. The largest absolute Gasteiger partial charge is 0.389 e. The van der Waals surface area contributed by atoms with Crippen molar-refractivity contribution in [3.8, 4) is 0 Å². The van der Waals surface area contributed by atoms with Crippen LogP contribution in [0.4, 0.5) is 0 Å². The quantitative estimate of drug-likeness (QED) is 0.530. The lowest BCUT2D eigenvalue weighted by atomic mass is 10.0. The maximum atomic E-state index is 12.3. The highest BCUT2D eigenvalue weighted by Crippen LogP contribution is 2.38. The van der Waals surface area contributed by atoms with E-state index >= 15 is 0 Å². The van der Waals surface area contributed by atoms with Crippen LogP contribution in [0.5, 0.6) is 0 Å². The van der Waals surface area contributed by atoms with E-state index in [-0.39, 0.29) is 5.78 Å². The molecule has 0 saturated heterocycles. The second-order valence-corrected chi connectivity index (χ2v) is 8.80. The van der Waals surface area contributed by atoms with Gasteiger partial charge in [0.15, 0.2) is 5.78 Å². The first kappa shape index (κ1) is 20.1. The number of ketones is 1. The number of aromatic nitrogens is 1. The molecule has 1 unspecified atom stereocenters. The van der Waals surface area contributed by atoms with Gasteiger partial charge in [-0.3, -0.25) is 4.79 Å². The number of carbonyl (C=O) groups excluding carboxylic acids is 1. The molecule has 1 aromatic heterocycles. The number of benzene rings is 2. The summed E-state index contributed by atoms with van der Waals surface area (Å²) < 4.78 is 2.39. The van der Waals surface area contributed by atoms with Crippen molar-refractivity contribution in [1.29, 1.82) is 0 Å². The minimum Gasteiger partial charge on any atom is -0.389 e. The Morgan fingerprint density at radius 1 is 1.07 bits per heavy atom. The molecule has 4 rings (SSSR count). The highest BCUT2D eigenvalue weighted by Gasteiger charge is 2.25. The summed E-state index contributed by atoms with van der Waals surface area (Å²) in [7, 11) is 0.